The van der Waals surface area contributed by atoms with Crippen molar-refractivity contribution < 1.29 is 18.0 Å². The van der Waals surface area contributed by atoms with Crippen LogP contribution in [0.2, 0.25) is 0 Å². The van der Waals surface area contributed by atoms with Crippen molar-refractivity contribution in [3.8, 4) is 0 Å². The Morgan fingerprint density at radius 2 is 1.89 bits per heavy atom. The molecule has 0 aromatic carbocycles. The number of hydrogen-bond acceptors (Lipinski definition) is 6. The molecule has 0 saturated carbocycles. The minimum Gasteiger partial charge on any atom is -0.368 e. The Morgan fingerprint density at radius 3 is 2.52 bits per heavy atom. The van der Waals surface area contributed by atoms with Crippen LogP contribution >= 0.6 is 0 Å². The molecule has 7 nitrogen and oxygen atoms in total. The van der Waals surface area contributed by atoms with E-state index in [1.807, 2.05) is 13.8 Å². The molecule has 0 aliphatic rings. The van der Waals surface area contributed by atoms with Gasteiger partial charge in [-0.25, -0.2) is 19.9 Å². The third kappa shape index (κ3) is 6.15. The van der Waals surface area contributed by atoms with E-state index in [0.717, 1.165) is 6.07 Å². The molecule has 0 unspecified atom stereocenters. The maximum Gasteiger partial charge on any atom is 0.433 e. The number of nitrogen functional groups attached to an aromatic ring is 1. The molecule has 3 N–H and O–H groups in total. The Morgan fingerprint density at radius 1 is 1.19 bits per heavy atom. The van der Waals surface area contributed by atoms with E-state index in [9.17, 15) is 18.0 Å². The number of carbonyl (C=O) groups is 1. The second-order valence-electron chi connectivity index (χ2n) is 6.52. The van der Waals surface area contributed by atoms with Gasteiger partial charge in [0.15, 0.2) is 0 Å². The molecule has 2 rings (SSSR count). The SMILES string of the molecule is Cc1cc(C(F)(F)F)nc(CCNC(=O)c2cc(CC(C)C)nc(N)n2)n1. The van der Waals surface area contributed by atoms with Crippen molar-refractivity contribution >= 4 is 11.9 Å². The number of amides is 1. The fourth-order valence-corrected chi connectivity index (χ4v) is 2.42. The largest absolute Gasteiger partial charge is 0.433 e. The number of aryl methyl sites for hydroxylation is 1. The van der Waals surface area contributed by atoms with E-state index in [1.54, 1.807) is 6.07 Å². The van der Waals surface area contributed by atoms with Gasteiger partial charge in [-0.1, -0.05) is 13.8 Å². The van der Waals surface area contributed by atoms with Crippen molar-refractivity contribution in [3.05, 3.63) is 40.7 Å². The predicted molar refractivity (Wildman–Crippen MR) is 92.8 cm³/mol. The molecule has 146 valence electrons. The zero-order valence-corrected chi connectivity index (χ0v) is 15.3. The van der Waals surface area contributed by atoms with Gasteiger partial charge in [-0.2, -0.15) is 13.2 Å². The maximum absolute atomic E-state index is 12.8. The lowest BCUT2D eigenvalue weighted by Crippen LogP contribution is -2.28. The van der Waals surface area contributed by atoms with Crippen LogP contribution in [0.25, 0.3) is 0 Å². The first-order valence-electron chi connectivity index (χ1n) is 8.38. The van der Waals surface area contributed by atoms with Gasteiger partial charge in [-0.05, 0) is 31.4 Å². The third-order valence-electron chi connectivity index (χ3n) is 3.47. The minimum atomic E-state index is -4.54. The number of aromatic nitrogens is 4. The number of halogens is 3. The summed E-state index contributed by atoms with van der Waals surface area (Å²) in [6.45, 7) is 5.53. The molecule has 0 bridgehead atoms. The first kappa shape index (κ1) is 20.5. The molecule has 0 aliphatic carbocycles. The van der Waals surface area contributed by atoms with Crippen LogP contribution in [0.3, 0.4) is 0 Å². The summed E-state index contributed by atoms with van der Waals surface area (Å²) < 4.78 is 38.4. The number of nitrogens with one attached hydrogen (secondary N) is 1. The first-order valence-corrected chi connectivity index (χ1v) is 8.38. The van der Waals surface area contributed by atoms with E-state index in [4.69, 9.17) is 5.73 Å². The maximum atomic E-state index is 12.8. The van der Waals surface area contributed by atoms with Gasteiger partial charge in [0.25, 0.3) is 5.91 Å². The molecule has 0 spiro atoms. The topological polar surface area (TPSA) is 107 Å². The van der Waals surface area contributed by atoms with Gasteiger partial charge < -0.3 is 11.1 Å². The normalized spacial score (nSPS) is 11.7. The van der Waals surface area contributed by atoms with E-state index in [2.05, 4.69) is 25.3 Å². The molecule has 0 aliphatic heterocycles. The highest BCUT2D eigenvalue weighted by atomic mass is 19.4. The Labute approximate surface area is 154 Å². The average Bonchev–Trinajstić information content (AvgIpc) is 2.52. The molecular weight excluding hydrogens is 361 g/mol. The van der Waals surface area contributed by atoms with Gasteiger partial charge >= 0.3 is 6.18 Å². The van der Waals surface area contributed by atoms with E-state index < -0.39 is 17.8 Å². The summed E-state index contributed by atoms with van der Waals surface area (Å²) in [5, 5.41) is 2.59. The number of nitrogens with zero attached hydrogens (tertiary/aromatic N) is 4. The standard InChI is InChI=1S/C17H21F3N6O/c1-9(2)6-11-8-12(25-16(21)24-11)15(27)22-5-4-14-23-10(3)7-13(26-14)17(18,19)20/h7-9H,4-6H2,1-3H3,(H,22,27)(H2,21,24,25). The molecule has 2 heterocycles. The third-order valence-corrected chi connectivity index (χ3v) is 3.47. The average molecular weight is 382 g/mol. The van der Waals surface area contributed by atoms with Crippen molar-refractivity contribution in [1.29, 1.82) is 0 Å². The van der Waals surface area contributed by atoms with Crippen LogP contribution in [0.15, 0.2) is 12.1 Å². The molecule has 2 aromatic rings. The molecule has 10 heteroatoms. The van der Waals surface area contributed by atoms with E-state index in [0.29, 0.717) is 18.0 Å². The highest BCUT2D eigenvalue weighted by Crippen LogP contribution is 2.27. The number of carbonyl (C=O) groups excluding carboxylic acids is 1. The van der Waals surface area contributed by atoms with Crippen LogP contribution in [0.1, 0.15) is 47.2 Å². The smallest absolute Gasteiger partial charge is 0.368 e. The summed E-state index contributed by atoms with van der Waals surface area (Å²) in [5.41, 5.74) is 5.61. The lowest BCUT2D eigenvalue weighted by molar-refractivity contribution is -0.141. The van der Waals surface area contributed by atoms with Crippen LogP contribution in [0.5, 0.6) is 0 Å². The summed E-state index contributed by atoms with van der Waals surface area (Å²) in [6.07, 6.45) is -3.85. The van der Waals surface area contributed by atoms with Gasteiger partial charge in [0, 0.05) is 24.4 Å². The number of nitrogens with two attached hydrogens (primary N) is 1. The summed E-state index contributed by atoms with van der Waals surface area (Å²) in [7, 11) is 0. The monoisotopic (exact) mass is 382 g/mol. The zero-order valence-electron chi connectivity index (χ0n) is 15.3. The van der Waals surface area contributed by atoms with Crippen molar-refractivity contribution in [2.45, 2.75) is 39.8 Å². The van der Waals surface area contributed by atoms with Crippen LogP contribution < -0.4 is 11.1 Å². The van der Waals surface area contributed by atoms with Gasteiger partial charge in [-0.15, -0.1) is 0 Å². The fourth-order valence-electron chi connectivity index (χ4n) is 2.42. The summed E-state index contributed by atoms with van der Waals surface area (Å²) in [5.74, 6) is -0.158. The highest BCUT2D eigenvalue weighted by Gasteiger charge is 2.33. The molecule has 1 amide bonds. The molecule has 0 atom stereocenters. The van der Waals surface area contributed by atoms with Crippen molar-refractivity contribution in [2.75, 3.05) is 12.3 Å². The lowest BCUT2D eigenvalue weighted by atomic mass is 10.1. The second-order valence-corrected chi connectivity index (χ2v) is 6.52. The Kier molecular flexibility index (Phi) is 6.29. The molecule has 0 saturated heterocycles. The van der Waals surface area contributed by atoms with Crippen LogP contribution in [-0.2, 0) is 19.0 Å². The van der Waals surface area contributed by atoms with Gasteiger partial charge in [0.2, 0.25) is 5.95 Å². The zero-order chi connectivity index (χ0) is 20.2. The van der Waals surface area contributed by atoms with Gasteiger partial charge in [0.05, 0.1) is 0 Å². The fraction of sp³-hybridized carbons (Fsp3) is 0.471. The summed E-state index contributed by atoms with van der Waals surface area (Å²) in [6, 6.07) is 2.43. The highest BCUT2D eigenvalue weighted by molar-refractivity contribution is 5.92. The second kappa shape index (κ2) is 8.28. The van der Waals surface area contributed by atoms with Crippen LogP contribution in [0.4, 0.5) is 19.1 Å². The first-order chi connectivity index (χ1) is 12.5. The lowest BCUT2D eigenvalue weighted by Gasteiger charge is -2.10. The molecule has 27 heavy (non-hydrogen) atoms. The number of alkyl halides is 3. The van der Waals surface area contributed by atoms with E-state index in [-0.39, 0.29) is 36.1 Å². The van der Waals surface area contributed by atoms with Crippen LogP contribution in [-0.4, -0.2) is 32.4 Å². The minimum absolute atomic E-state index is 0.00450. The quantitative estimate of drug-likeness (QED) is 0.794. The number of rotatable bonds is 6. The van der Waals surface area contributed by atoms with Crippen molar-refractivity contribution in [2.24, 2.45) is 5.92 Å². The molecular formula is C17H21F3N6O. The molecule has 0 fully saturated rings. The number of hydrogen-bond donors (Lipinski definition) is 2. The van der Waals surface area contributed by atoms with Crippen molar-refractivity contribution in [3.63, 3.8) is 0 Å². The summed E-state index contributed by atoms with van der Waals surface area (Å²) in [4.78, 5) is 27.7. The Hall–Kier alpha value is -2.78. The molecule has 0 radical (unpaired) electrons. The van der Waals surface area contributed by atoms with Crippen LogP contribution in [0, 0.1) is 12.8 Å². The Balaban J connectivity index is 2.03. The van der Waals surface area contributed by atoms with E-state index in [1.165, 1.54) is 6.92 Å². The van der Waals surface area contributed by atoms with E-state index >= 15 is 0 Å². The van der Waals surface area contributed by atoms with Gasteiger partial charge in [0.1, 0.15) is 17.2 Å². The molecule has 2 aromatic heterocycles. The predicted octanol–water partition coefficient (Wildman–Crippen LogP) is 2.35. The number of anilines is 1. The summed E-state index contributed by atoms with van der Waals surface area (Å²) >= 11 is 0. The van der Waals surface area contributed by atoms with Gasteiger partial charge in [-0.3, -0.25) is 4.79 Å². The Bertz CT molecular complexity index is 823. The van der Waals surface area contributed by atoms with Crippen molar-refractivity contribution in [1.82, 2.24) is 25.3 Å².